The van der Waals surface area contributed by atoms with Gasteiger partial charge >= 0.3 is 0 Å². The molecule has 1 amide bonds. The zero-order chi connectivity index (χ0) is 22.3. The fourth-order valence-corrected chi connectivity index (χ4v) is 4.18. The van der Waals surface area contributed by atoms with Crippen molar-refractivity contribution < 1.29 is 13.2 Å². The number of rotatable bonds is 5. The van der Waals surface area contributed by atoms with Gasteiger partial charge in [-0.3, -0.25) is 9.52 Å². The van der Waals surface area contributed by atoms with Gasteiger partial charge in [0.25, 0.3) is 15.9 Å². The number of amides is 1. The summed E-state index contributed by atoms with van der Waals surface area (Å²) in [4.78, 5) is 12.7. The Morgan fingerprint density at radius 3 is 2.17 bits per heavy atom. The van der Waals surface area contributed by atoms with E-state index in [1.807, 2.05) is 52.0 Å². The van der Waals surface area contributed by atoms with Crippen LogP contribution in [0.4, 0.5) is 11.4 Å². The molecule has 3 rings (SSSR count). The standard InChI is InChI=1S/C22H22N2O3S.C2H6/c1-15-7-6-9-19(13-15)24-28(26,27)21-14-18(12-11-17(21)3)22(25)23-20-10-5-4-8-16(20)2;1-2/h4-14,24H,1-3H3,(H,23,25);1-2H3. The normalized spacial score (nSPS) is 10.6. The number of sulfonamides is 1. The summed E-state index contributed by atoms with van der Waals surface area (Å²) in [5, 5.41) is 2.83. The van der Waals surface area contributed by atoms with Crippen LogP contribution in [0, 0.1) is 20.8 Å². The number of benzene rings is 3. The third-order valence-corrected chi connectivity index (χ3v) is 5.93. The topological polar surface area (TPSA) is 75.3 Å². The van der Waals surface area contributed by atoms with Gasteiger partial charge in [-0.25, -0.2) is 8.42 Å². The van der Waals surface area contributed by atoms with E-state index in [9.17, 15) is 13.2 Å². The number of para-hydroxylation sites is 1. The second kappa shape index (κ2) is 10.1. The van der Waals surface area contributed by atoms with Gasteiger partial charge in [0, 0.05) is 16.9 Å². The van der Waals surface area contributed by atoms with Gasteiger partial charge in [-0.05, 0) is 67.8 Å². The molecule has 2 N–H and O–H groups in total. The Bertz CT molecular complexity index is 1140. The second-order valence-corrected chi connectivity index (χ2v) is 8.38. The molecular weight excluding hydrogens is 396 g/mol. The van der Waals surface area contributed by atoms with Gasteiger partial charge in [-0.2, -0.15) is 0 Å². The van der Waals surface area contributed by atoms with Gasteiger partial charge in [-0.15, -0.1) is 0 Å². The minimum atomic E-state index is -3.83. The van der Waals surface area contributed by atoms with Gasteiger partial charge in [0.1, 0.15) is 0 Å². The molecule has 6 heteroatoms. The molecule has 0 aromatic heterocycles. The number of aryl methyl sites for hydroxylation is 3. The highest BCUT2D eigenvalue weighted by Crippen LogP contribution is 2.22. The van der Waals surface area contributed by atoms with E-state index in [4.69, 9.17) is 0 Å². The number of anilines is 2. The number of nitrogens with one attached hydrogen (secondary N) is 2. The van der Waals surface area contributed by atoms with Crippen molar-refractivity contribution in [3.8, 4) is 0 Å². The molecule has 0 bridgehead atoms. The van der Waals surface area contributed by atoms with E-state index < -0.39 is 10.0 Å². The summed E-state index contributed by atoms with van der Waals surface area (Å²) >= 11 is 0. The van der Waals surface area contributed by atoms with Gasteiger partial charge in [0.2, 0.25) is 0 Å². The Morgan fingerprint density at radius 1 is 0.800 bits per heavy atom. The summed E-state index contributed by atoms with van der Waals surface area (Å²) in [6.07, 6.45) is 0. The first kappa shape index (κ1) is 23.2. The molecule has 0 heterocycles. The maximum absolute atomic E-state index is 12.9. The molecule has 30 heavy (non-hydrogen) atoms. The maximum atomic E-state index is 12.9. The molecule has 5 nitrogen and oxygen atoms in total. The minimum Gasteiger partial charge on any atom is -0.322 e. The van der Waals surface area contributed by atoms with Gasteiger partial charge in [0.15, 0.2) is 0 Å². The molecule has 0 aliphatic rings. The SMILES string of the molecule is CC.Cc1cccc(NS(=O)(=O)c2cc(C(=O)Nc3ccccc3C)ccc2C)c1. The highest BCUT2D eigenvalue weighted by molar-refractivity contribution is 7.92. The predicted octanol–water partition coefficient (Wildman–Crippen LogP) is 5.69. The molecule has 0 spiro atoms. The highest BCUT2D eigenvalue weighted by atomic mass is 32.2. The van der Waals surface area contributed by atoms with Crippen molar-refractivity contribution in [1.29, 1.82) is 0 Å². The molecular formula is C24H28N2O3S. The van der Waals surface area contributed by atoms with Crippen LogP contribution in [0.15, 0.2) is 71.6 Å². The zero-order valence-electron chi connectivity index (χ0n) is 18.0. The van der Waals surface area contributed by atoms with Crippen LogP contribution in [0.5, 0.6) is 0 Å². The third kappa shape index (κ3) is 5.70. The van der Waals surface area contributed by atoms with Crippen LogP contribution >= 0.6 is 0 Å². The molecule has 3 aromatic carbocycles. The lowest BCUT2D eigenvalue weighted by molar-refractivity contribution is 0.102. The van der Waals surface area contributed by atoms with Crippen LogP contribution < -0.4 is 10.0 Å². The second-order valence-electron chi connectivity index (χ2n) is 6.72. The minimum absolute atomic E-state index is 0.0754. The Kier molecular flexibility index (Phi) is 7.78. The maximum Gasteiger partial charge on any atom is 0.262 e. The van der Waals surface area contributed by atoms with E-state index in [0.29, 0.717) is 16.9 Å². The Labute approximate surface area is 179 Å². The average molecular weight is 425 g/mol. The first-order valence-electron chi connectivity index (χ1n) is 9.83. The number of hydrogen-bond donors (Lipinski definition) is 2. The zero-order valence-corrected chi connectivity index (χ0v) is 18.8. The van der Waals surface area contributed by atoms with Crippen LogP contribution in [-0.4, -0.2) is 14.3 Å². The predicted molar refractivity (Wildman–Crippen MR) is 124 cm³/mol. The van der Waals surface area contributed by atoms with Crippen LogP contribution in [0.1, 0.15) is 40.9 Å². The third-order valence-electron chi connectivity index (χ3n) is 4.40. The summed E-state index contributed by atoms with van der Waals surface area (Å²) in [5.74, 6) is -0.360. The lowest BCUT2D eigenvalue weighted by atomic mass is 10.1. The number of carbonyl (C=O) groups excluding carboxylic acids is 1. The quantitative estimate of drug-likeness (QED) is 0.552. The molecule has 0 aliphatic carbocycles. The first-order valence-corrected chi connectivity index (χ1v) is 11.3. The number of carbonyl (C=O) groups is 1. The summed E-state index contributed by atoms with van der Waals surface area (Å²) in [7, 11) is -3.83. The molecule has 0 fully saturated rings. The molecule has 0 radical (unpaired) electrons. The van der Waals surface area contributed by atoms with Crippen molar-refractivity contribution in [2.24, 2.45) is 0 Å². The molecule has 0 atom stereocenters. The Hall–Kier alpha value is -3.12. The summed E-state index contributed by atoms with van der Waals surface area (Å²) in [6, 6.07) is 19.2. The van der Waals surface area contributed by atoms with Crippen molar-refractivity contribution in [3.63, 3.8) is 0 Å². The average Bonchev–Trinajstić information content (AvgIpc) is 2.71. The lowest BCUT2D eigenvalue weighted by Crippen LogP contribution is -2.17. The molecule has 158 valence electrons. The molecule has 0 unspecified atom stereocenters. The van der Waals surface area contributed by atoms with Crippen LogP contribution in [0.2, 0.25) is 0 Å². The van der Waals surface area contributed by atoms with E-state index >= 15 is 0 Å². The van der Waals surface area contributed by atoms with Crippen LogP contribution in [0.3, 0.4) is 0 Å². The van der Waals surface area contributed by atoms with Crippen LogP contribution in [-0.2, 0) is 10.0 Å². The molecule has 0 saturated carbocycles. The smallest absolute Gasteiger partial charge is 0.262 e. The van der Waals surface area contributed by atoms with E-state index in [1.54, 1.807) is 43.3 Å². The van der Waals surface area contributed by atoms with Crippen molar-refractivity contribution in [1.82, 2.24) is 0 Å². The van der Waals surface area contributed by atoms with Crippen molar-refractivity contribution in [3.05, 3.63) is 89.0 Å². The largest absolute Gasteiger partial charge is 0.322 e. The van der Waals surface area contributed by atoms with Crippen LogP contribution in [0.25, 0.3) is 0 Å². The van der Waals surface area contributed by atoms with E-state index in [0.717, 1.165) is 11.1 Å². The summed E-state index contributed by atoms with van der Waals surface area (Å²) in [5.41, 5.74) is 3.88. The van der Waals surface area contributed by atoms with Crippen molar-refractivity contribution in [2.75, 3.05) is 10.0 Å². The molecule has 3 aromatic rings. The summed E-state index contributed by atoms with van der Waals surface area (Å²) < 4.78 is 28.3. The van der Waals surface area contributed by atoms with E-state index in [2.05, 4.69) is 10.0 Å². The Morgan fingerprint density at radius 2 is 1.50 bits per heavy atom. The van der Waals surface area contributed by atoms with Gasteiger partial charge in [-0.1, -0.05) is 50.2 Å². The number of hydrogen-bond acceptors (Lipinski definition) is 3. The Balaban J connectivity index is 0.00000155. The molecule has 0 aliphatic heterocycles. The fraction of sp³-hybridized carbons (Fsp3) is 0.208. The van der Waals surface area contributed by atoms with Crippen molar-refractivity contribution in [2.45, 2.75) is 39.5 Å². The van der Waals surface area contributed by atoms with E-state index in [1.165, 1.54) is 6.07 Å². The van der Waals surface area contributed by atoms with Gasteiger partial charge in [0.05, 0.1) is 4.90 Å². The van der Waals surface area contributed by atoms with Crippen molar-refractivity contribution >= 4 is 27.3 Å². The van der Waals surface area contributed by atoms with E-state index in [-0.39, 0.29) is 16.4 Å². The monoisotopic (exact) mass is 424 g/mol. The highest BCUT2D eigenvalue weighted by Gasteiger charge is 2.19. The van der Waals surface area contributed by atoms with Gasteiger partial charge < -0.3 is 5.32 Å². The first-order chi connectivity index (χ1) is 14.3. The summed E-state index contributed by atoms with van der Waals surface area (Å²) in [6.45, 7) is 9.49. The fourth-order valence-electron chi connectivity index (χ4n) is 2.86. The molecule has 0 saturated heterocycles. The lowest BCUT2D eigenvalue weighted by Gasteiger charge is -2.13.